The topological polar surface area (TPSA) is 64.3 Å². The normalized spacial score (nSPS) is 12.2. The molecule has 8 heteroatoms. The fourth-order valence-electron chi connectivity index (χ4n) is 1.33. The summed E-state index contributed by atoms with van der Waals surface area (Å²) >= 11 is 0. The first kappa shape index (κ1) is 16.1. The first-order chi connectivity index (χ1) is 8.90. The Balaban J connectivity index is 2.99. The molecule has 20 heavy (non-hydrogen) atoms. The van der Waals surface area contributed by atoms with Crippen molar-refractivity contribution < 1.29 is 27.1 Å². The van der Waals surface area contributed by atoms with Gasteiger partial charge in [-0.1, -0.05) is 0 Å². The van der Waals surface area contributed by atoms with E-state index in [2.05, 4.69) is 5.32 Å². The van der Waals surface area contributed by atoms with Gasteiger partial charge in [-0.25, -0.2) is 9.18 Å². The van der Waals surface area contributed by atoms with Crippen molar-refractivity contribution in [3.05, 3.63) is 23.5 Å². The standard InChI is InChI=1S/C12H14F4N2O2/c1-11(2,3)20-10(19)18-9-5-7(13)6(4-8(9)17)12(14,15)16/h4-5H,17H2,1-3H3,(H,18,19). The first-order valence-corrected chi connectivity index (χ1v) is 5.56. The molecular weight excluding hydrogens is 280 g/mol. The highest BCUT2D eigenvalue weighted by Gasteiger charge is 2.35. The van der Waals surface area contributed by atoms with E-state index in [1.165, 1.54) is 0 Å². The third kappa shape index (κ3) is 4.29. The largest absolute Gasteiger partial charge is 0.444 e. The summed E-state index contributed by atoms with van der Waals surface area (Å²) in [5.74, 6) is -1.53. The summed E-state index contributed by atoms with van der Waals surface area (Å²) in [7, 11) is 0. The molecule has 0 heterocycles. The van der Waals surface area contributed by atoms with Gasteiger partial charge in [0.15, 0.2) is 0 Å². The average Bonchev–Trinajstić information content (AvgIpc) is 2.18. The van der Waals surface area contributed by atoms with E-state index in [0.717, 1.165) is 0 Å². The number of nitrogen functional groups attached to an aromatic ring is 1. The summed E-state index contributed by atoms with van der Waals surface area (Å²) in [5, 5.41) is 2.09. The molecule has 0 aliphatic carbocycles. The van der Waals surface area contributed by atoms with Crippen molar-refractivity contribution in [2.75, 3.05) is 11.1 Å². The molecule has 1 aromatic rings. The van der Waals surface area contributed by atoms with Crippen LogP contribution in [0.4, 0.5) is 33.7 Å². The molecule has 0 fully saturated rings. The minimum Gasteiger partial charge on any atom is -0.444 e. The molecule has 0 spiro atoms. The number of carbonyl (C=O) groups excluding carboxylic acids is 1. The van der Waals surface area contributed by atoms with Gasteiger partial charge in [0.25, 0.3) is 0 Å². The molecule has 0 aromatic heterocycles. The van der Waals surface area contributed by atoms with Gasteiger partial charge in [0.1, 0.15) is 11.4 Å². The number of amides is 1. The van der Waals surface area contributed by atoms with Crippen LogP contribution in [0.15, 0.2) is 12.1 Å². The van der Waals surface area contributed by atoms with Crippen LogP contribution >= 0.6 is 0 Å². The Morgan fingerprint density at radius 2 is 1.80 bits per heavy atom. The molecule has 0 atom stereocenters. The van der Waals surface area contributed by atoms with Crippen LogP contribution in [0, 0.1) is 5.82 Å². The maximum atomic E-state index is 13.3. The number of hydrogen-bond donors (Lipinski definition) is 2. The van der Waals surface area contributed by atoms with Gasteiger partial charge in [-0.3, -0.25) is 5.32 Å². The van der Waals surface area contributed by atoms with Crippen LogP contribution in [-0.2, 0) is 10.9 Å². The second-order valence-electron chi connectivity index (χ2n) is 5.04. The number of ether oxygens (including phenoxy) is 1. The monoisotopic (exact) mass is 294 g/mol. The van der Waals surface area contributed by atoms with Crippen molar-refractivity contribution in [3.63, 3.8) is 0 Å². The molecule has 0 saturated carbocycles. The second-order valence-corrected chi connectivity index (χ2v) is 5.04. The van der Waals surface area contributed by atoms with Crippen molar-refractivity contribution in [1.82, 2.24) is 0 Å². The zero-order valence-electron chi connectivity index (χ0n) is 11.1. The maximum absolute atomic E-state index is 13.3. The predicted octanol–water partition coefficient (Wildman–Crippen LogP) is 3.77. The van der Waals surface area contributed by atoms with Crippen molar-refractivity contribution in [3.8, 4) is 0 Å². The van der Waals surface area contributed by atoms with E-state index < -0.39 is 34.9 Å². The van der Waals surface area contributed by atoms with Crippen LogP contribution in [-0.4, -0.2) is 11.7 Å². The number of alkyl halides is 3. The lowest BCUT2D eigenvalue weighted by molar-refractivity contribution is -0.139. The summed E-state index contributed by atoms with van der Waals surface area (Å²) in [5.41, 5.74) is 2.36. The molecule has 0 aliphatic rings. The van der Waals surface area contributed by atoms with Gasteiger partial charge in [-0.15, -0.1) is 0 Å². The molecule has 1 amide bonds. The summed E-state index contributed by atoms with van der Waals surface area (Å²) in [6.07, 6.45) is -5.80. The number of nitrogens with one attached hydrogen (secondary N) is 1. The van der Waals surface area contributed by atoms with Crippen molar-refractivity contribution in [1.29, 1.82) is 0 Å². The lowest BCUT2D eigenvalue weighted by Crippen LogP contribution is -2.27. The Kier molecular flexibility index (Phi) is 4.16. The van der Waals surface area contributed by atoms with Crippen molar-refractivity contribution >= 4 is 17.5 Å². The van der Waals surface area contributed by atoms with Crippen LogP contribution < -0.4 is 11.1 Å². The number of anilines is 2. The van der Waals surface area contributed by atoms with Crippen LogP contribution in [0.3, 0.4) is 0 Å². The summed E-state index contributed by atoms with van der Waals surface area (Å²) in [4.78, 5) is 11.4. The Bertz CT molecular complexity index is 521. The smallest absolute Gasteiger partial charge is 0.419 e. The number of carbonyl (C=O) groups is 1. The lowest BCUT2D eigenvalue weighted by Gasteiger charge is -2.20. The summed E-state index contributed by atoms with van der Waals surface area (Å²) in [6.45, 7) is 4.80. The Morgan fingerprint density at radius 3 is 2.25 bits per heavy atom. The van der Waals surface area contributed by atoms with Crippen LogP contribution in [0.1, 0.15) is 26.3 Å². The third-order valence-corrected chi connectivity index (χ3v) is 2.08. The predicted molar refractivity (Wildman–Crippen MR) is 65.7 cm³/mol. The van der Waals surface area contributed by atoms with Crippen LogP contribution in [0.5, 0.6) is 0 Å². The fourth-order valence-corrected chi connectivity index (χ4v) is 1.33. The van der Waals surface area contributed by atoms with E-state index in [0.29, 0.717) is 12.1 Å². The van der Waals surface area contributed by atoms with E-state index in [1.807, 2.05) is 0 Å². The quantitative estimate of drug-likeness (QED) is 0.612. The Morgan fingerprint density at radius 1 is 1.25 bits per heavy atom. The highest BCUT2D eigenvalue weighted by atomic mass is 19.4. The minimum absolute atomic E-state index is 0.287. The number of halogens is 4. The molecule has 0 radical (unpaired) electrons. The fraction of sp³-hybridized carbons (Fsp3) is 0.417. The molecule has 3 N–H and O–H groups in total. The summed E-state index contributed by atoms with van der Waals surface area (Å²) < 4.78 is 55.5. The number of benzene rings is 1. The highest BCUT2D eigenvalue weighted by Crippen LogP contribution is 2.35. The number of nitrogens with two attached hydrogens (primary N) is 1. The zero-order chi connectivity index (χ0) is 15.7. The van der Waals surface area contributed by atoms with Gasteiger partial charge in [-0.05, 0) is 26.8 Å². The SMILES string of the molecule is CC(C)(C)OC(=O)Nc1cc(F)c(C(F)(F)F)cc1N. The molecule has 1 aromatic carbocycles. The van der Waals surface area contributed by atoms with E-state index in [9.17, 15) is 22.4 Å². The molecule has 0 aliphatic heterocycles. The lowest BCUT2D eigenvalue weighted by atomic mass is 10.1. The Labute approximate surface area is 112 Å². The zero-order valence-corrected chi connectivity index (χ0v) is 11.1. The molecule has 4 nitrogen and oxygen atoms in total. The molecule has 112 valence electrons. The van der Waals surface area contributed by atoms with E-state index in [4.69, 9.17) is 10.5 Å². The molecular formula is C12H14F4N2O2. The molecule has 0 unspecified atom stereocenters. The van der Waals surface area contributed by atoms with Gasteiger partial charge in [0.2, 0.25) is 0 Å². The van der Waals surface area contributed by atoms with E-state index >= 15 is 0 Å². The number of rotatable bonds is 1. The van der Waals surface area contributed by atoms with Crippen LogP contribution in [0.25, 0.3) is 0 Å². The first-order valence-electron chi connectivity index (χ1n) is 5.56. The second kappa shape index (κ2) is 5.18. The number of hydrogen-bond acceptors (Lipinski definition) is 3. The van der Waals surface area contributed by atoms with Gasteiger partial charge < -0.3 is 10.5 Å². The van der Waals surface area contributed by atoms with Crippen LogP contribution in [0.2, 0.25) is 0 Å². The van der Waals surface area contributed by atoms with Crippen molar-refractivity contribution in [2.24, 2.45) is 0 Å². The molecule has 0 saturated heterocycles. The van der Waals surface area contributed by atoms with Gasteiger partial charge in [0.05, 0.1) is 16.9 Å². The van der Waals surface area contributed by atoms with E-state index in [1.54, 1.807) is 20.8 Å². The van der Waals surface area contributed by atoms with Gasteiger partial charge in [-0.2, -0.15) is 13.2 Å². The Hall–Kier alpha value is -1.99. The molecule has 1 rings (SSSR count). The maximum Gasteiger partial charge on any atom is 0.419 e. The minimum atomic E-state index is -4.86. The molecule has 0 bridgehead atoms. The summed E-state index contributed by atoms with van der Waals surface area (Å²) in [6, 6.07) is 0.921. The highest BCUT2D eigenvalue weighted by molar-refractivity contribution is 5.89. The average molecular weight is 294 g/mol. The van der Waals surface area contributed by atoms with Gasteiger partial charge in [0, 0.05) is 6.07 Å². The van der Waals surface area contributed by atoms with Gasteiger partial charge >= 0.3 is 12.3 Å². The third-order valence-electron chi connectivity index (χ3n) is 2.08. The van der Waals surface area contributed by atoms with Crippen molar-refractivity contribution in [2.45, 2.75) is 32.5 Å². The van der Waals surface area contributed by atoms with E-state index in [-0.39, 0.29) is 5.69 Å².